The number of rotatable bonds is 4. The number of amides is 1. The topological polar surface area (TPSA) is 41.1 Å². The maximum absolute atomic E-state index is 14.3. The lowest BCUT2D eigenvalue weighted by Gasteiger charge is -2.22. The van der Waals surface area contributed by atoms with Gasteiger partial charge in [0.2, 0.25) is 0 Å². The highest BCUT2D eigenvalue weighted by Crippen LogP contribution is 2.23. The van der Waals surface area contributed by atoms with Crippen LogP contribution in [0.25, 0.3) is 11.1 Å². The average Bonchev–Trinajstić information content (AvgIpc) is 2.61. The van der Waals surface area contributed by atoms with Crippen molar-refractivity contribution in [3.8, 4) is 11.1 Å². The fraction of sp³-hybridized carbons (Fsp3) is 0.316. The summed E-state index contributed by atoms with van der Waals surface area (Å²) in [6.45, 7) is 2.51. The number of nitrogens with one attached hydrogen (secondary N) is 2. The Morgan fingerprint density at radius 2 is 1.96 bits per heavy atom. The van der Waals surface area contributed by atoms with Gasteiger partial charge >= 0.3 is 0 Å². The molecule has 1 amide bonds. The highest BCUT2D eigenvalue weighted by Gasteiger charge is 2.17. The van der Waals surface area contributed by atoms with Gasteiger partial charge < -0.3 is 10.6 Å². The van der Waals surface area contributed by atoms with Crippen LogP contribution in [0.5, 0.6) is 0 Å². The van der Waals surface area contributed by atoms with Crippen molar-refractivity contribution >= 4 is 17.5 Å². The van der Waals surface area contributed by atoms with Crippen molar-refractivity contribution in [1.82, 2.24) is 10.6 Å². The van der Waals surface area contributed by atoms with Crippen LogP contribution in [0.2, 0.25) is 5.02 Å². The summed E-state index contributed by atoms with van der Waals surface area (Å²) in [5.41, 5.74) is 1.66. The van der Waals surface area contributed by atoms with Gasteiger partial charge in [0.1, 0.15) is 5.82 Å². The zero-order valence-electron chi connectivity index (χ0n) is 13.3. The number of halogens is 2. The lowest BCUT2D eigenvalue weighted by molar-refractivity contribution is 0.0941. The Morgan fingerprint density at radius 1 is 1.21 bits per heavy atom. The normalized spacial score (nSPS) is 17.5. The number of hydrogen-bond donors (Lipinski definition) is 2. The third-order valence-corrected chi connectivity index (χ3v) is 4.59. The molecule has 5 heteroatoms. The molecular formula is C19H20ClFN2O. The van der Waals surface area contributed by atoms with E-state index in [1.54, 1.807) is 18.2 Å². The molecule has 2 aromatic carbocycles. The van der Waals surface area contributed by atoms with Crippen LogP contribution in [0, 0.1) is 11.7 Å². The van der Waals surface area contributed by atoms with E-state index >= 15 is 0 Å². The molecule has 2 N–H and O–H groups in total. The number of benzene rings is 2. The summed E-state index contributed by atoms with van der Waals surface area (Å²) in [5.74, 6) is -0.457. The second kappa shape index (κ2) is 7.77. The molecule has 1 fully saturated rings. The Labute approximate surface area is 146 Å². The molecule has 1 aliphatic rings. The molecular weight excluding hydrogens is 327 g/mol. The Morgan fingerprint density at radius 3 is 2.62 bits per heavy atom. The zero-order valence-corrected chi connectivity index (χ0v) is 14.1. The molecule has 0 saturated carbocycles. The van der Waals surface area contributed by atoms with E-state index in [0.29, 0.717) is 17.5 Å². The van der Waals surface area contributed by atoms with Gasteiger partial charge in [-0.15, -0.1) is 0 Å². The molecule has 1 aliphatic heterocycles. The summed E-state index contributed by atoms with van der Waals surface area (Å²) in [7, 11) is 0. The molecule has 0 radical (unpaired) electrons. The van der Waals surface area contributed by atoms with Crippen molar-refractivity contribution in [2.75, 3.05) is 19.6 Å². The largest absolute Gasteiger partial charge is 0.352 e. The van der Waals surface area contributed by atoms with E-state index in [-0.39, 0.29) is 11.5 Å². The van der Waals surface area contributed by atoms with E-state index in [0.717, 1.165) is 37.1 Å². The molecule has 1 saturated heterocycles. The van der Waals surface area contributed by atoms with Gasteiger partial charge in [-0.05, 0) is 67.2 Å². The molecule has 1 unspecified atom stereocenters. The predicted octanol–water partition coefficient (Wildman–Crippen LogP) is 3.88. The Bertz CT molecular complexity index is 712. The standard InChI is InChI=1S/C19H20ClFN2O/c20-16-6-3-14(4-7-16)15-5-8-17(18(21)10-15)19(24)23-12-13-2-1-9-22-11-13/h3-8,10,13,22H,1-2,9,11-12H2,(H,23,24). The first-order chi connectivity index (χ1) is 11.6. The summed E-state index contributed by atoms with van der Waals surface area (Å²) in [5, 5.41) is 6.78. The Hall–Kier alpha value is -1.91. The number of carbonyl (C=O) groups excluding carboxylic acids is 1. The molecule has 0 aromatic heterocycles. The number of piperidine rings is 1. The third-order valence-electron chi connectivity index (χ3n) is 4.34. The van der Waals surface area contributed by atoms with Crippen LogP contribution in [0.1, 0.15) is 23.2 Å². The Balaban J connectivity index is 1.67. The van der Waals surface area contributed by atoms with Gasteiger partial charge in [0.15, 0.2) is 0 Å². The van der Waals surface area contributed by atoms with Crippen LogP contribution in [-0.4, -0.2) is 25.5 Å². The summed E-state index contributed by atoms with van der Waals surface area (Å²) < 4.78 is 14.3. The first kappa shape index (κ1) is 16.9. The molecule has 3 rings (SSSR count). The van der Waals surface area contributed by atoms with Gasteiger partial charge in [-0.1, -0.05) is 29.8 Å². The number of carbonyl (C=O) groups is 1. The summed E-state index contributed by atoms with van der Waals surface area (Å²) >= 11 is 5.86. The van der Waals surface area contributed by atoms with Crippen LogP contribution in [0.15, 0.2) is 42.5 Å². The molecule has 0 spiro atoms. The van der Waals surface area contributed by atoms with Crippen LogP contribution < -0.4 is 10.6 Å². The molecule has 24 heavy (non-hydrogen) atoms. The first-order valence-electron chi connectivity index (χ1n) is 8.18. The van der Waals surface area contributed by atoms with Gasteiger partial charge in [0, 0.05) is 11.6 Å². The minimum Gasteiger partial charge on any atom is -0.352 e. The number of hydrogen-bond acceptors (Lipinski definition) is 2. The van der Waals surface area contributed by atoms with E-state index in [9.17, 15) is 9.18 Å². The van der Waals surface area contributed by atoms with Crippen LogP contribution >= 0.6 is 11.6 Å². The molecule has 1 atom stereocenters. The molecule has 126 valence electrons. The maximum atomic E-state index is 14.3. The van der Waals surface area contributed by atoms with Gasteiger partial charge in [-0.3, -0.25) is 4.79 Å². The second-order valence-corrected chi connectivity index (χ2v) is 6.56. The smallest absolute Gasteiger partial charge is 0.254 e. The van der Waals surface area contributed by atoms with Crippen LogP contribution in [-0.2, 0) is 0 Å². The van der Waals surface area contributed by atoms with Crippen molar-refractivity contribution in [2.24, 2.45) is 5.92 Å². The SMILES string of the molecule is O=C(NCC1CCCNC1)c1ccc(-c2ccc(Cl)cc2)cc1F. The summed E-state index contributed by atoms with van der Waals surface area (Å²) in [6, 6.07) is 11.8. The van der Waals surface area contributed by atoms with E-state index in [4.69, 9.17) is 11.6 Å². The minimum absolute atomic E-state index is 0.0801. The zero-order chi connectivity index (χ0) is 16.9. The third kappa shape index (κ3) is 4.13. The van der Waals surface area contributed by atoms with E-state index in [1.165, 1.54) is 12.1 Å². The molecule has 0 bridgehead atoms. The highest BCUT2D eigenvalue weighted by atomic mass is 35.5. The molecule has 2 aromatic rings. The lowest BCUT2D eigenvalue weighted by Crippen LogP contribution is -2.38. The fourth-order valence-corrected chi connectivity index (χ4v) is 3.08. The second-order valence-electron chi connectivity index (χ2n) is 6.12. The van der Waals surface area contributed by atoms with Crippen molar-refractivity contribution in [3.05, 3.63) is 58.9 Å². The monoisotopic (exact) mass is 346 g/mol. The van der Waals surface area contributed by atoms with Crippen molar-refractivity contribution in [1.29, 1.82) is 0 Å². The summed E-state index contributed by atoms with van der Waals surface area (Å²) in [6.07, 6.45) is 2.20. The van der Waals surface area contributed by atoms with E-state index < -0.39 is 5.82 Å². The average molecular weight is 347 g/mol. The van der Waals surface area contributed by atoms with Crippen LogP contribution in [0.3, 0.4) is 0 Å². The van der Waals surface area contributed by atoms with Gasteiger partial charge in [-0.2, -0.15) is 0 Å². The van der Waals surface area contributed by atoms with Crippen molar-refractivity contribution in [2.45, 2.75) is 12.8 Å². The lowest BCUT2D eigenvalue weighted by atomic mass is 9.99. The van der Waals surface area contributed by atoms with Crippen LogP contribution in [0.4, 0.5) is 4.39 Å². The first-order valence-corrected chi connectivity index (χ1v) is 8.55. The maximum Gasteiger partial charge on any atom is 0.254 e. The molecule has 0 aliphatic carbocycles. The van der Waals surface area contributed by atoms with E-state index in [1.807, 2.05) is 12.1 Å². The van der Waals surface area contributed by atoms with Gasteiger partial charge in [-0.25, -0.2) is 4.39 Å². The summed E-state index contributed by atoms with van der Waals surface area (Å²) in [4.78, 5) is 12.2. The van der Waals surface area contributed by atoms with Gasteiger partial charge in [0.25, 0.3) is 5.91 Å². The fourth-order valence-electron chi connectivity index (χ4n) is 2.95. The van der Waals surface area contributed by atoms with Gasteiger partial charge in [0.05, 0.1) is 5.56 Å². The Kier molecular flexibility index (Phi) is 5.48. The quantitative estimate of drug-likeness (QED) is 0.882. The predicted molar refractivity (Wildman–Crippen MR) is 94.8 cm³/mol. The van der Waals surface area contributed by atoms with Crippen molar-refractivity contribution in [3.63, 3.8) is 0 Å². The highest BCUT2D eigenvalue weighted by molar-refractivity contribution is 6.30. The minimum atomic E-state index is -0.512. The molecule has 1 heterocycles. The molecule has 3 nitrogen and oxygen atoms in total. The van der Waals surface area contributed by atoms with Crippen molar-refractivity contribution < 1.29 is 9.18 Å². The van der Waals surface area contributed by atoms with E-state index in [2.05, 4.69) is 10.6 Å².